The number of hydrogen-bond acceptors (Lipinski definition) is 2. The first-order valence-corrected chi connectivity index (χ1v) is 6.41. The second-order valence-electron chi connectivity index (χ2n) is 5.18. The Morgan fingerprint density at radius 3 is 2.26 bits per heavy atom. The van der Waals surface area contributed by atoms with Gasteiger partial charge in [0.1, 0.15) is 0 Å². The standard InChI is InChI=1S/C16H20N2O/c1-12-9-15(11-19)13(2)18(12)16-7-5-14(6-8-16)10-17(3)4/h5-9,11H,10H2,1-4H3. The zero-order chi connectivity index (χ0) is 14.0. The minimum Gasteiger partial charge on any atom is -0.318 e. The Hall–Kier alpha value is -1.87. The molecule has 3 heteroatoms. The van der Waals surface area contributed by atoms with Crippen molar-refractivity contribution >= 4 is 6.29 Å². The Bertz CT molecular complexity index is 580. The van der Waals surface area contributed by atoms with Crippen LogP contribution in [0.1, 0.15) is 27.3 Å². The molecule has 1 aromatic heterocycles. The van der Waals surface area contributed by atoms with E-state index < -0.39 is 0 Å². The van der Waals surface area contributed by atoms with Crippen molar-refractivity contribution < 1.29 is 4.79 Å². The molecule has 0 spiro atoms. The van der Waals surface area contributed by atoms with Gasteiger partial charge in [-0.25, -0.2) is 0 Å². The van der Waals surface area contributed by atoms with Crippen molar-refractivity contribution in [3.05, 3.63) is 52.8 Å². The predicted octanol–water partition coefficient (Wildman–Crippen LogP) is 2.97. The van der Waals surface area contributed by atoms with E-state index in [0.29, 0.717) is 0 Å². The highest BCUT2D eigenvalue weighted by atomic mass is 16.1. The largest absolute Gasteiger partial charge is 0.318 e. The van der Waals surface area contributed by atoms with Crippen LogP contribution in [0.15, 0.2) is 30.3 Å². The van der Waals surface area contributed by atoms with Crippen molar-refractivity contribution in [1.82, 2.24) is 9.47 Å². The molecule has 0 N–H and O–H groups in total. The van der Waals surface area contributed by atoms with E-state index in [2.05, 4.69) is 47.8 Å². The lowest BCUT2D eigenvalue weighted by Gasteiger charge is -2.12. The van der Waals surface area contributed by atoms with E-state index >= 15 is 0 Å². The van der Waals surface area contributed by atoms with Crippen molar-refractivity contribution in [3.8, 4) is 5.69 Å². The first kappa shape index (κ1) is 13.6. The Kier molecular flexibility index (Phi) is 3.86. The molecule has 0 amide bonds. The third kappa shape index (κ3) is 2.76. The summed E-state index contributed by atoms with van der Waals surface area (Å²) in [5, 5.41) is 0. The molecule has 100 valence electrons. The number of benzene rings is 1. The fourth-order valence-corrected chi connectivity index (χ4v) is 2.42. The molecule has 0 saturated carbocycles. The molecule has 0 atom stereocenters. The summed E-state index contributed by atoms with van der Waals surface area (Å²) in [5.41, 5.74) is 5.22. The van der Waals surface area contributed by atoms with Crippen LogP contribution in [0.5, 0.6) is 0 Å². The van der Waals surface area contributed by atoms with Gasteiger partial charge in [0.25, 0.3) is 0 Å². The number of carbonyl (C=O) groups excluding carboxylic acids is 1. The molecule has 0 bridgehead atoms. The number of rotatable bonds is 4. The number of nitrogens with zero attached hydrogens (tertiary/aromatic N) is 2. The smallest absolute Gasteiger partial charge is 0.151 e. The monoisotopic (exact) mass is 256 g/mol. The van der Waals surface area contributed by atoms with E-state index in [1.54, 1.807) is 0 Å². The highest BCUT2D eigenvalue weighted by Gasteiger charge is 2.09. The zero-order valence-electron chi connectivity index (χ0n) is 12.0. The minimum atomic E-state index is 0.759. The van der Waals surface area contributed by atoms with E-state index in [-0.39, 0.29) is 0 Å². The molecular formula is C16H20N2O. The van der Waals surface area contributed by atoms with E-state index in [0.717, 1.165) is 35.5 Å². The normalized spacial score (nSPS) is 11.0. The van der Waals surface area contributed by atoms with Crippen molar-refractivity contribution in [2.75, 3.05) is 14.1 Å². The van der Waals surface area contributed by atoms with Crippen molar-refractivity contribution in [2.24, 2.45) is 0 Å². The van der Waals surface area contributed by atoms with Crippen LogP contribution in [0.25, 0.3) is 5.69 Å². The molecule has 0 radical (unpaired) electrons. The second kappa shape index (κ2) is 5.41. The van der Waals surface area contributed by atoms with Crippen LogP contribution in [-0.2, 0) is 6.54 Å². The molecule has 2 aromatic rings. The third-order valence-electron chi connectivity index (χ3n) is 3.29. The van der Waals surface area contributed by atoms with Gasteiger partial charge in [0, 0.05) is 29.2 Å². The fourth-order valence-electron chi connectivity index (χ4n) is 2.42. The van der Waals surface area contributed by atoms with Gasteiger partial charge in [-0.2, -0.15) is 0 Å². The van der Waals surface area contributed by atoms with Crippen LogP contribution >= 0.6 is 0 Å². The van der Waals surface area contributed by atoms with Gasteiger partial charge < -0.3 is 9.47 Å². The summed E-state index contributed by atoms with van der Waals surface area (Å²) in [4.78, 5) is 13.1. The first-order chi connectivity index (χ1) is 9.02. The lowest BCUT2D eigenvalue weighted by atomic mass is 10.2. The fraction of sp³-hybridized carbons (Fsp3) is 0.312. The van der Waals surface area contributed by atoms with Gasteiger partial charge in [0.2, 0.25) is 0 Å². The van der Waals surface area contributed by atoms with E-state index in [1.807, 2.05) is 19.9 Å². The topological polar surface area (TPSA) is 25.2 Å². The van der Waals surface area contributed by atoms with E-state index in [9.17, 15) is 4.79 Å². The SMILES string of the molecule is Cc1cc(C=O)c(C)n1-c1ccc(CN(C)C)cc1. The summed E-state index contributed by atoms with van der Waals surface area (Å²) >= 11 is 0. The summed E-state index contributed by atoms with van der Waals surface area (Å²) in [5.74, 6) is 0. The van der Waals surface area contributed by atoms with Gasteiger partial charge in [0.15, 0.2) is 6.29 Å². The van der Waals surface area contributed by atoms with Gasteiger partial charge in [-0.15, -0.1) is 0 Å². The van der Waals surface area contributed by atoms with Gasteiger partial charge in [-0.3, -0.25) is 4.79 Å². The van der Waals surface area contributed by atoms with Crippen LogP contribution < -0.4 is 0 Å². The van der Waals surface area contributed by atoms with Crippen LogP contribution in [0.3, 0.4) is 0 Å². The van der Waals surface area contributed by atoms with E-state index in [1.165, 1.54) is 5.56 Å². The quantitative estimate of drug-likeness (QED) is 0.786. The Labute approximate surface area is 114 Å². The lowest BCUT2D eigenvalue weighted by Crippen LogP contribution is -2.10. The molecule has 3 nitrogen and oxygen atoms in total. The molecule has 0 aliphatic carbocycles. The molecule has 0 fully saturated rings. The summed E-state index contributed by atoms with van der Waals surface area (Å²) in [6.45, 7) is 4.93. The Morgan fingerprint density at radius 2 is 1.79 bits per heavy atom. The first-order valence-electron chi connectivity index (χ1n) is 6.41. The molecule has 1 aromatic carbocycles. The summed E-state index contributed by atoms with van der Waals surface area (Å²) < 4.78 is 2.11. The molecule has 19 heavy (non-hydrogen) atoms. The molecule has 0 saturated heterocycles. The molecule has 0 aliphatic rings. The molecule has 0 aliphatic heterocycles. The number of aldehydes is 1. The number of hydrogen-bond donors (Lipinski definition) is 0. The maximum Gasteiger partial charge on any atom is 0.151 e. The van der Waals surface area contributed by atoms with Gasteiger partial charge in [-0.1, -0.05) is 12.1 Å². The summed E-state index contributed by atoms with van der Waals surface area (Å²) in [6, 6.07) is 10.4. The van der Waals surface area contributed by atoms with Crippen LogP contribution in [0.2, 0.25) is 0 Å². The maximum atomic E-state index is 11.0. The zero-order valence-corrected chi connectivity index (χ0v) is 12.0. The predicted molar refractivity (Wildman–Crippen MR) is 78.0 cm³/mol. The number of aromatic nitrogens is 1. The summed E-state index contributed by atoms with van der Waals surface area (Å²) in [7, 11) is 4.12. The lowest BCUT2D eigenvalue weighted by molar-refractivity contribution is 0.112. The van der Waals surface area contributed by atoms with Gasteiger partial charge in [-0.05, 0) is 51.7 Å². The molecule has 1 heterocycles. The maximum absolute atomic E-state index is 11.0. The highest BCUT2D eigenvalue weighted by Crippen LogP contribution is 2.20. The Balaban J connectivity index is 2.37. The van der Waals surface area contributed by atoms with Crippen LogP contribution in [0.4, 0.5) is 0 Å². The summed E-state index contributed by atoms with van der Waals surface area (Å²) in [6.07, 6.45) is 0.916. The second-order valence-corrected chi connectivity index (χ2v) is 5.18. The third-order valence-corrected chi connectivity index (χ3v) is 3.29. The number of aryl methyl sites for hydroxylation is 1. The highest BCUT2D eigenvalue weighted by molar-refractivity contribution is 5.77. The van der Waals surface area contributed by atoms with Crippen molar-refractivity contribution in [1.29, 1.82) is 0 Å². The van der Waals surface area contributed by atoms with Crippen molar-refractivity contribution in [3.63, 3.8) is 0 Å². The van der Waals surface area contributed by atoms with Crippen LogP contribution in [0, 0.1) is 13.8 Å². The minimum absolute atomic E-state index is 0.759. The van der Waals surface area contributed by atoms with E-state index in [4.69, 9.17) is 0 Å². The molecule has 2 rings (SSSR count). The average molecular weight is 256 g/mol. The van der Waals surface area contributed by atoms with Gasteiger partial charge in [0.05, 0.1) is 0 Å². The van der Waals surface area contributed by atoms with Gasteiger partial charge >= 0.3 is 0 Å². The average Bonchev–Trinajstić information content (AvgIpc) is 2.65. The number of carbonyl (C=O) groups is 1. The Morgan fingerprint density at radius 1 is 1.16 bits per heavy atom. The molecule has 0 unspecified atom stereocenters. The molecular weight excluding hydrogens is 236 g/mol. The van der Waals surface area contributed by atoms with Crippen LogP contribution in [-0.4, -0.2) is 29.8 Å². The van der Waals surface area contributed by atoms with Crippen molar-refractivity contribution in [2.45, 2.75) is 20.4 Å².